The van der Waals surface area contributed by atoms with Crippen LogP contribution in [-0.4, -0.2) is 44.9 Å². The fraction of sp³-hybridized carbons (Fsp3) is 0.412. The fourth-order valence-electron chi connectivity index (χ4n) is 3.18. The first kappa shape index (κ1) is 18.0. The van der Waals surface area contributed by atoms with Crippen molar-refractivity contribution in [3.8, 4) is 0 Å². The van der Waals surface area contributed by atoms with Crippen LogP contribution >= 0.6 is 0 Å². The molecule has 1 saturated heterocycles. The van der Waals surface area contributed by atoms with E-state index in [1.165, 1.54) is 18.3 Å². The summed E-state index contributed by atoms with van der Waals surface area (Å²) in [6.07, 6.45) is 1.53. The van der Waals surface area contributed by atoms with Crippen LogP contribution in [0.5, 0.6) is 0 Å². The van der Waals surface area contributed by atoms with E-state index < -0.39 is 4.92 Å². The molecule has 3 rings (SSSR count). The van der Waals surface area contributed by atoms with Crippen molar-refractivity contribution in [2.24, 2.45) is 0 Å². The number of nitrogens with one attached hydrogen (secondary N) is 1. The molecule has 0 spiro atoms. The normalized spacial score (nSPS) is 17.3. The Hall–Kier alpha value is -2.81. The molecule has 1 aromatic heterocycles. The zero-order valence-corrected chi connectivity index (χ0v) is 14.4. The number of nitrogens with zero attached hydrogens (tertiary/aromatic N) is 4. The summed E-state index contributed by atoms with van der Waals surface area (Å²) in [7, 11) is 0. The zero-order valence-electron chi connectivity index (χ0n) is 14.4. The highest BCUT2D eigenvalue weighted by Gasteiger charge is 2.28. The molecule has 1 fully saturated rings. The Kier molecular flexibility index (Phi) is 5.27. The quantitative estimate of drug-likeness (QED) is 0.647. The Morgan fingerprint density at radius 1 is 1.50 bits per heavy atom. The molecular weight excluding hydrogens is 341 g/mol. The molecule has 9 heteroatoms. The SMILES string of the molecule is Cc1nc([N+](=O)[O-])cn1CCC(=O)N1CCNCC1c1cccc(F)c1. The lowest BCUT2D eigenvalue weighted by molar-refractivity contribution is -0.389. The first-order valence-electron chi connectivity index (χ1n) is 8.39. The van der Waals surface area contributed by atoms with Crippen LogP contribution in [0.15, 0.2) is 30.5 Å². The summed E-state index contributed by atoms with van der Waals surface area (Å²) in [6, 6.07) is 6.03. The van der Waals surface area contributed by atoms with Crippen LogP contribution in [0.3, 0.4) is 0 Å². The Morgan fingerprint density at radius 2 is 2.31 bits per heavy atom. The number of piperazine rings is 1. The van der Waals surface area contributed by atoms with Gasteiger partial charge < -0.3 is 24.9 Å². The third-order valence-corrected chi connectivity index (χ3v) is 4.51. The lowest BCUT2D eigenvalue weighted by Crippen LogP contribution is -2.48. The smallest absolute Gasteiger partial charge is 0.358 e. The van der Waals surface area contributed by atoms with Gasteiger partial charge >= 0.3 is 5.82 Å². The number of carbonyl (C=O) groups excluding carboxylic acids is 1. The highest BCUT2D eigenvalue weighted by molar-refractivity contribution is 5.77. The van der Waals surface area contributed by atoms with Gasteiger partial charge in [0.05, 0.1) is 6.04 Å². The number of aromatic nitrogens is 2. The van der Waals surface area contributed by atoms with E-state index in [2.05, 4.69) is 10.3 Å². The molecule has 1 aliphatic heterocycles. The van der Waals surface area contributed by atoms with Crippen molar-refractivity contribution in [1.29, 1.82) is 0 Å². The molecule has 1 amide bonds. The molecule has 0 saturated carbocycles. The number of imidazole rings is 1. The van der Waals surface area contributed by atoms with Crippen LogP contribution in [0.25, 0.3) is 0 Å². The van der Waals surface area contributed by atoms with Crippen molar-refractivity contribution in [3.63, 3.8) is 0 Å². The molecular formula is C17H20FN5O3. The monoisotopic (exact) mass is 361 g/mol. The van der Waals surface area contributed by atoms with E-state index in [4.69, 9.17) is 0 Å². The van der Waals surface area contributed by atoms with Crippen LogP contribution in [0.4, 0.5) is 10.2 Å². The molecule has 1 unspecified atom stereocenters. The fourth-order valence-corrected chi connectivity index (χ4v) is 3.18. The van der Waals surface area contributed by atoms with Crippen LogP contribution in [-0.2, 0) is 11.3 Å². The molecule has 1 N–H and O–H groups in total. The number of hydrogen-bond acceptors (Lipinski definition) is 5. The van der Waals surface area contributed by atoms with Gasteiger partial charge in [0.1, 0.15) is 12.0 Å². The number of rotatable bonds is 5. The van der Waals surface area contributed by atoms with Gasteiger partial charge in [-0.05, 0) is 27.6 Å². The van der Waals surface area contributed by atoms with Crippen LogP contribution in [0.2, 0.25) is 0 Å². The van der Waals surface area contributed by atoms with E-state index in [0.29, 0.717) is 32.0 Å². The summed E-state index contributed by atoms with van der Waals surface area (Å²) < 4.78 is 15.1. The molecule has 0 bridgehead atoms. The van der Waals surface area contributed by atoms with Crippen molar-refractivity contribution in [2.75, 3.05) is 19.6 Å². The van der Waals surface area contributed by atoms with E-state index in [1.807, 2.05) is 6.07 Å². The molecule has 2 heterocycles. The summed E-state index contributed by atoms with van der Waals surface area (Å²) in [5.41, 5.74) is 0.750. The highest BCUT2D eigenvalue weighted by atomic mass is 19.1. The molecule has 1 atom stereocenters. The minimum Gasteiger partial charge on any atom is -0.358 e. The average molecular weight is 361 g/mol. The van der Waals surface area contributed by atoms with Gasteiger partial charge in [-0.1, -0.05) is 12.1 Å². The molecule has 8 nitrogen and oxygen atoms in total. The Bertz CT molecular complexity index is 822. The first-order valence-corrected chi connectivity index (χ1v) is 8.39. The van der Waals surface area contributed by atoms with Crippen molar-refractivity contribution in [1.82, 2.24) is 19.8 Å². The van der Waals surface area contributed by atoms with Gasteiger partial charge in [-0.3, -0.25) is 4.79 Å². The highest BCUT2D eigenvalue weighted by Crippen LogP contribution is 2.24. The number of nitro groups is 1. The van der Waals surface area contributed by atoms with Crippen molar-refractivity contribution in [2.45, 2.75) is 25.9 Å². The Labute approximate surface area is 149 Å². The second-order valence-corrected chi connectivity index (χ2v) is 6.21. The van der Waals surface area contributed by atoms with Gasteiger partial charge in [-0.15, -0.1) is 0 Å². The lowest BCUT2D eigenvalue weighted by atomic mass is 10.0. The van der Waals surface area contributed by atoms with Crippen molar-refractivity contribution >= 4 is 11.7 Å². The maximum absolute atomic E-state index is 13.5. The summed E-state index contributed by atoms with van der Waals surface area (Å²) in [4.78, 5) is 28.6. The van der Waals surface area contributed by atoms with Gasteiger partial charge in [0.15, 0.2) is 0 Å². The molecule has 26 heavy (non-hydrogen) atoms. The second-order valence-electron chi connectivity index (χ2n) is 6.21. The largest absolute Gasteiger partial charge is 0.381 e. The molecule has 1 aliphatic rings. The lowest BCUT2D eigenvalue weighted by Gasteiger charge is -2.36. The van der Waals surface area contributed by atoms with Gasteiger partial charge in [-0.25, -0.2) is 4.39 Å². The van der Waals surface area contributed by atoms with Gasteiger partial charge in [-0.2, -0.15) is 0 Å². The third kappa shape index (κ3) is 3.88. The molecule has 0 radical (unpaired) electrons. The van der Waals surface area contributed by atoms with Crippen LogP contribution < -0.4 is 5.32 Å². The number of hydrogen-bond donors (Lipinski definition) is 1. The summed E-state index contributed by atoms with van der Waals surface area (Å²) in [6.45, 7) is 3.74. The van der Waals surface area contributed by atoms with E-state index in [-0.39, 0.29) is 30.0 Å². The van der Waals surface area contributed by atoms with Gasteiger partial charge in [0.2, 0.25) is 11.7 Å². The van der Waals surface area contributed by atoms with Crippen molar-refractivity contribution in [3.05, 3.63) is 57.8 Å². The molecule has 138 valence electrons. The minimum atomic E-state index is -0.554. The third-order valence-electron chi connectivity index (χ3n) is 4.51. The van der Waals surface area contributed by atoms with Crippen LogP contribution in [0, 0.1) is 22.9 Å². The standard InChI is InChI=1S/C17H20FN5O3/c1-12-20-16(23(25)26)11-21(12)7-5-17(24)22-8-6-19-10-15(22)13-3-2-4-14(18)9-13/h2-4,9,11,15,19H,5-8,10H2,1H3. The van der Waals surface area contributed by atoms with Gasteiger partial charge in [0, 0.05) is 39.5 Å². The predicted octanol–water partition coefficient (Wildman–Crippen LogP) is 1.80. The Morgan fingerprint density at radius 3 is 3.00 bits per heavy atom. The summed E-state index contributed by atoms with van der Waals surface area (Å²) in [5, 5.41) is 14.0. The minimum absolute atomic E-state index is 0.0727. The molecule has 2 aromatic rings. The number of amides is 1. The number of aryl methyl sites for hydroxylation is 2. The first-order chi connectivity index (χ1) is 12.5. The van der Waals surface area contributed by atoms with Crippen LogP contribution in [0.1, 0.15) is 23.9 Å². The topological polar surface area (TPSA) is 93.3 Å². The maximum atomic E-state index is 13.5. The number of benzene rings is 1. The Balaban J connectivity index is 1.70. The number of halogens is 1. The molecule has 1 aromatic carbocycles. The summed E-state index contributed by atoms with van der Waals surface area (Å²) >= 11 is 0. The maximum Gasteiger partial charge on any atom is 0.381 e. The zero-order chi connectivity index (χ0) is 18.7. The van der Waals surface area contributed by atoms with E-state index in [1.54, 1.807) is 22.5 Å². The molecule has 0 aliphatic carbocycles. The van der Waals surface area contributed by atoms with Gasteiger partial charge in [0.25, 0.3) is 0 Å². The van der Waals surface area contributed by atoms with Crippen molar-refractivity contribution < 1.29 is 14.1 Å². The van der Waals surface area contributed by atoms with E-state index >= 15 is 0 Å². The van der Waals surface area contributed by atoms with E-state index in [0.717, 1.165) is 5.56 Å². The average Bonchev–Trinajstić information content (AvgIpc) is 3.01. The summed E-state index contributed by atoms with van der Waals surface area (Å²) in [5.74, 6) is -0.139. The number of carbonyl (C=O) groups is 1. The second kappa shape index (κ2) is 7.61. The van der Waals surface area contributed by atoms with E-state index in [9.17, 15) is 19.3 Å². The predicted molar refractivity (Wildman–Crippen MR) is 92.0 cm³/mol.